The fourth-order valence-electron chi connectivity index (χ4n) is 3.72. The van der Waals surface area contributed by atoms with E-state index in [1.165, 1.54) is 13.2 Å². The van der Waals surface area contributed by atoms with Crippen molar-refractivity contribution < 1.29 is 13.9 Å². The molecule has 2 aliphatic heterocycles. The van der Waals surface area contributed by atoms with Crippen molar-refractivity contribution in [1.29, 1.82) is 10.5 Å². The average Bonchev–Trinajstić information content (AvgIpc) is 3.23. The summed E-state index contributed by atoms with van der Waals surface area (Å²) < 4.78 is 10.1. The fourth-order valence-corrected chi connectivity index (χ4v) is 3.72. The molecular formula is C18H19N3O3. The molecule has 3 heterocycles. The highest BCUT2D eigenvalue weighted by atomic mass is 16.5. The highest BCUT2D eigenvalue weighted by Gasteiger charge is 2.45. The molecular weight excluding hydrogens is 306 g/mol. The largest absolute Gasteiger partial charge is 0.463 e. The van der Waals surface area contributed by atoms with Gasteiger partial charge in [0.05, 0.1) is 19.2 Å². The molecule has 0 aliphatic carbocycles. The first kappa shape index (κ1) is 16.3. The van der Waals surface area contributed by atoms with Crippen molar-refractivity contribution in [3.8, 4) is 12.1 Å². The summed E-state index contributed by atoms with van der Waals surface area (Å²) in [5.41, 5.74) is -0.428. The van der Waals surface area contributed by atoms with Gasteiger partial charge in [0.2, 0.25) is 5.76 Å². The van der Waals surface area contributed by atoms with Crippen LogP contribution >= 0.6 is 0 Å². The van der Waals surface area contributed by atoms with Crippen molar-refractivity contribution in [3.05, 3.63) is 35.3 Å². The average molecular weight is 325 g/mol. The molecule has 24 heavy (non-hydrogen) atoms. The molecule has 1 aromatic heterocycles. The minimum absolute atomic E-state index is 0.0738. The van der Waals surface area contributed by atoms with Gasteiger partial charge in [-0.3, -0.25) is 0 Å². The lowest BCUT2D eigenvalue weighted by Gasteiger charge is -2.34. The number of hydrogen-bond acceptors (Lipinski definition) is 6. The number of esters is 1. The molecule has 0 amide bonds. The summed E-state index contributed by atoms with van der Waals surface area (Å²) in [5, 5.41) is 23.1. The molecule has 1 fully saturated rings. The smallest absolute Gasteiger partial charge is 0.373 e. The number of carbonyl (C=O) groups is 1. The zero-order chi connectivity index (χ0) is 17.3. The molecule has 3 rings (SSSR count). The molecule has 0 spiro atoms. The van der Waals surface area contributed by atoms with Gasteiger partial charge in [0, 0.05) is 18.5 Å². The van der Waals surface area contributed by atoms with Crippen molar-refractivity contribution in [3.63, 3.8) is 0 Å². The van der Waals surface area contributed by atoms with Crippen LogP contribution in [0.2, 0.25) is 0 Å². The van der Waals surface area contributed by atoms with Crippen molar-refractivity contribution in [1.82, 2.24) is 5.32 Å². The molecule has 0 unspecified atom stereocenters. The SMILES string of the molecule is COC(=O)c1ccc(CC(C#N)(C#N)C2=C[C@H]3CC[C@H](N3)[C@@H]2C)o1. The second-order valence-electron chi connectivity index (χ2n) is 6.43. The van der Waals surface area contributed by atoms with Crippen molar-refractivity contribution in [2.24, 2.45) is 11.3 Å². The van der Waals surface area contributed by atoms with Gasteiger partial charge in [0.15, 0.2) is 5.41 Å². The summed E-state index contributed by atoms with van der Waals surface area (Å²) in [4.78, 5) is 11.5. The van der Waals surface area contributed by atoms with Gasteiger partial charge in [-0.25, -0.2) is 4.79 Å². The van der Waals surface area contributed by atoms with Gasteiger partial charge in [-0.05, 0) is 36.5 Å². The lowest BCUT2D eigenvalue weighted by Crippen LogP contribution is -2.43. The molecule has 0 saturated carbocycles. The van der Waals surface area contributed by atoms with E-state index in [9.17, 15) is 15.3 Å². The summed E-state index contributed by atoms with van der Waals surface area (Å²) in [6.07, 6.45) is 4.22. The van der Waals surface area contributed by atoms with Crippen LogP contribution in [0, 0.1) is 34.0 Å². The van der Waals surface area contributed by atoms with Gasteiger partial charge in [0.25, 0.3) is 0 Å². The van der Waals surface area contributed by atoms with Crippen LogP contribution in [0.4, 0.5) is 0 Å². The number of nitriles is 2. The zero-order valence-electron chi connectivity index (χ0n) is 13.7. The molecule has 2 aliphatic rings. The predicted molar refractivity (Wildman–Crippen MR) is 84.6 cm³/mol. The van der Waals surface area contributed by atoms with Crippen molar-refractivity contribution >= 4 is 5.97 Å². The standard InChI is InChI=1S/C18H19N3O3/c1-11-14(7-12-3-5-15(11)21-12)18(9-19,10-20)8-13-4-6-16(24-13)17(22)23-2/h4,6-7,11-12,15,21H,3,5,8H2,1-2H3/t11-,12-,15+/m1/s1. The van der Waals surface area contributed by atoms with Crippen LogP contribution in [0.1, 0.15) is 36.1 Å². The minimum atomic E-state index is -1.28. The summed E-state index contributed by atoms with van der Waals surface area (Å²) in [5.74, 6) is 0.0357. The number of ether oxygens (including phenoxy) is 1. The Morgan fingerprint density at radius 3 is 2.83 bits per heavy atom. The van der Waals surface area contributed by atoms with Crippen LogP contribution < -0.4 is 5.32 Å². The Bertz CT molecular complexity index is 751. The first-order valence-corrected chi connectivity index (χ1v) is 8.00. The van der Waals surface area contributed by atoms with Gasteiger partial charge >= 0.3 is 5.97 Å². The third-order valence-electron chi connectivity index (χ3n) is 5.05. The molecule has 0 aromatic carbocycles. The third kappa shape index (κ3) is 2.60. The number of rotatable bonds is 4. The van der Waals surface area contributed by atoms with Gasteiger partial charge in [0.1, 0.15) is 5.76 Å². The summed E-state index contributed by atoms with van der Waals surface area (Å²) in [6.45, 7) is 2.05. The summed E-state index contributed by atoms with van der Waals surface area (Å²) >= 11 is 0. The Hall–Kier alpha value is -2.57. The fraction of sp³-hybridized carbons (Fsp3) is 0.500. The number of nitrogens with one attached hydrogen (secondary N) is 1. The normalized spacial score (nSPS) is 25.5. The first-order valence-electron chi connectivity index (χ1n) is 8.00. The Morgan fingerprint density at radius 2 is 2.17 bits per heavy atom. The summed E-state index contributed by atoms with van der Waals surface area (Å²) in [6, 6.07) is 8.06. The number of carbonyl (C=O) groups excluding carboxylic acids is 1. The lowest BCUT2D eigenvalue weighted by atomic mass is 9.71. The monoisotopic (exact) mass is 325 g/mol. The van der Waals surface area contributed by atoms with Crippen LogP contribution in [-0.2, 0) is 11.2 Å². The van der Waals surface area contributed by atoms with Gasteiger partial charge < -0.3 is 14.5 Å². The van der Waals surface area contributed by atoms with E-state index in [0.717, 1.165) is 18.4 Å². The molecule has 6 heteroatoms. The van der Waals surface area contributed by atoms with E-state index in [1.54, 1.807) is 6.07 Å². The van der Waals surface area contributed by atoms with Crippen LogP contribution in [0.3, 0.4) is 0 Å². The van der Waals surface area contributed by atoms with Crippen LogP contribution in [0.15, 0.2) is 28.2 Å². The maximum Gasteiger partial charge on any atom is 0.373 e. The first-order chi connectivity index (χ1) is 11.5. The van der Waals surface area contributed by atoms with Gasteiger partial charge in [-0.2, -0.15) is 10.5 Å². The Kier molecular flexibility index (Phi) is 4.17. The van der Waals surface area contributed by atoms with Crippen LogP contribution in [-0.4, -0.2) is 25.2 Å². The van der Waals surface area contributed by atoms with Gasteiger partial charge in [-0.1, -0.05) is 13.0 Å². The maximum atomic E-state index is 11.5. The van der Waals surface area contributed by atoms with E-state index in [4.69, 9.17) is 4.42 Å². The lowest BCUT2D eigenvalue weighted by molar-refractivity contribution is 0.0562. The molecule has 1 aromatic rings. The van der Waals surface area contributed by atoms with E-state index in [0.29, 0.717) is 11.8 Å². The number of methoxy groups -OCH3 is 1. The highest BCUT2D eigenvalue weighted by molar-refractivity contribution is 5.86. The van der Waals surface area contributed by atoms with Crippen molar-refractivity contribution in [2.75, 3.05) is 7.11 Å². The second-order valence-corrected chi connectivity index (χ2v) is 6.43. The topological polar surface area (TPSA) is 99.0 Å². The molecule has 2 bridgehead atoms. The van der Waals surface area contributed by atoms with E-state index in [-0.39, 0.29) is 24.1 Å². The Morgan fingerprint density at radius 1 is 1.42 bits per heavy atom. The number of nitrogens with zero attached hydrogens (tertiary/aromatic N) is 2. The van der Waals surface area contributed by atoms with E-state index >= 15 is 0 Å². The molecule has 1 N–H and O–H groups in total. The maximum absolute atomic E-state index is 11.5. The second kappa shape index (κ2) is 6.14. The Balaban J connectivity index is 1.92. The van der Waals surface area contributed by atoms with Gasteiger partial charge in [-0.15, -0.1) is 0 Å². The van der Waals surface area contributed by atoms with Crippen LogP contribution in [0.5, 0.6) is 0 Å². The summed E-state index contributed by atoms with van der Waals surface area (Å²) in [7, 11) is 1.27. The quantitative estimate of drug-likeness (QED) is 0.674. The number of fused-ring (bicyclic) bond motifs is 2. The highest BCUT2D eigenvalue weighted by Crippen LogP contribution is 2.42. The van der Waals surface area contributed by atoms with E-state index in [2.05, 4.69) is 29.1 Å². The molecule has 1 saturated heterocycles. The van der Waals surface area contributed by atoms with E-state index in [1.807, 2.05) is 6.08 Å². The zero-order valence-corrected chi connectivity index (χ0v) is 13.7. The molecule has 124 valence electrons. The number of furan rings is 1. The van der Waals surface area contributed by atoms with Crippen LogP contribution in [0.25, 0.3) is 0 Å². The Labute approximate surface area is 140 Å². The molecule has 0 radical (unpaired) electrons. The minimum Gasteiger partial charge on any atom is -0.463 e. The van der Waals surface area contributed by atoms with E-state index < -0.39 is 11.4 Å². The molecule has 3 atom stereocenters. The third-order valence-corrected chi connectivity index (χ3v) is 5.05. The predicted octanol–water partition coefficient (Wildman–Crippen LogP) is 2.34. The molecule has 6 nitrogen and oxygen atoms in total. The number of hydrogen-bond donors (Lipinski definition) is 1. The van der Waals surface area contributed by atoms with Crippen molar-refractivity contribution in [2.45, 2.75) is 38.3 Å².